The van der Waals surface area contributed by atoms with E-state index in [-0.39, 0.29) is 12.3 Å². The highest BCUT2D eigenvalue weighted by Gasteiger charge is 2.14. The average molecular weight is 264 g/mol. The van der Waals surface area contributed by atoms with Crippen molar-refractivity contribution >= 4 is 5.97 Å². The minimum atomic E-state index is -0.305. The first-order valence-corrected chi connectivity index (χ1v) is 6.62. The summed E-state index contributed by atoms with van der Waals surface area (Å²) in [6, 6.07) is 5.62. The Morgan fingerprint density at radius 1 is 1.42 bits per heavy atom. The number of ether oxygens (including phenoxy) is 3. The number of hydrogen-bond donors (Lipinski definition) is 0. The highest BCUT2D eigenvalue weighted by Crippen LogP contribution is 2.17. The molecule has 0 amide bonds. The van der Waals surface area contributed by atoms with Crippen molar-refractivity contribution in [3.05, 3.63) is 34.9 Å². The number of esters is 1. The summed E-state index contributed by atoms with van der Waals surface area (Å²) < 4.78 is 15.9. The summed E-state index contributed by atoms with van der Waals surface area (Å²) in [4.78, 5) is 11.5. The molecule has 104 valence electrons. The third kappa shape index (κ3) is 3.78. The summed E-state index contributed by atoms with van der Waals surface area (Å²) in [5.74, 6) is -0.305. The van der Waals surface area contributed by atoms with Crippen LogP contribution in [0.1, 0.15) is 40.7 Å². The fraction of sp³-hybridized carbons (Fsp3) is 0.533. The molecule has 1 saturated heterocycles. The predicted molar refractivity (Wildman–Crippen MR) is 70.9 cm³/mol. The second-order valence-corrected chi connectivity index (χ2v) is 4.75. The largest absolute Gasteiger partial charge is 0.465 e. The molecule has 1 aliphatic rings. The molecule has 4 nitrogen and oxygen atoms in total. The molecule has 1 unspecified atom stereocenters. The molecule has 19 heavy (non-hydrogen) atoms. The van der Waals surface area contributed by atoms with E-state index >= 15 is 0 Å². The second-order valence-electron chi connectivity index (χ2n) is 4.75. The minimum Gasteiger partial charge on any atom is -0.465 e. The van der Waals surface area contributed by atoms with Crippen LogP contribution in [0, 0.1) is 6.92 Å². The highest BCUT2D eigenvalue weighted by atomic mass is 16.7. The van der Waals surface area contributed by atoms with Crippen LogP contribution in [0.4, 0.5) is 0 Å². The maximum absolute atomic E-state index is 11.5. The van der Waals surface area contributed by atoms with Gasteiger partial charge in [0.1, 0.15) is 0 Å². The topological polar surface area (TPSA) is 44.8 Å². The Morgan fingerprint density at radius 3 is 2.89 bits per heavy atom. The Balaban J connectivity index is 1.94. The summed E-state index contributed by atoms with van der Waals surface area (Å²) in [7, 11) is 1.39. The normalized spacial score (nSPS) is 19.2. The molecule has 0 radical (unpaired) electrons. The van der Waals surface area contributed by atoms with Gasteiger partial charge in [-0.05, 0) is 43.4 Å². The molecule has 1 atom stereocenters. The van der Waals surface area contributed by atoms with Crippen molar-refractivity contribution in [2.24, 2.45) is 0 Å². The van der Waals surface area contributed by atoms with Gasteiger partial charge in [0.15, 0.2) is 6.29 Å². The summed E-state index contributed by atoms with van der Waals surface area (Å²) in [5.41, 5.74) is 2.54. The summed E-state index contributed by atoms with van der Waals surface area (Å²) in [6.07, 6.45) is 3.14. The number of aryl methyl sites for hydroxylation is 1. The summed E-state index contributed by atoms with van der Waals surface area (Å²) in [6.45, 7) is 3.19. The van der Waals surface area contributed by atoms with E-state index in [0.717, 1.165) is 37.0 Å². The Kier molecular flexibility index (Phi) is 4.93. The van der Waals surface area contributed by atoms with Crippen LogP contribution in [0.2, 0.25) is 0 Å². The number of carbonyl (C=O) groups excluding carboxylic acids is 1. The van der Waals surface area contributed by atoms with Crippen molar-refractivity contribution in [3.8, 4) is 0 Å². The van der Waals surface area contributed by atoms with Gasteiger partial charge in [-0.25, -0.2) is 4.79 Å². The molecule has 1 fully saturated rings. The van der Waals surface area contributed by atoms with Crippen LogP contribution in [0.5, 0.6) is 0 Å². The van der Waals surface area contributed by atoms with Gasteiger partial charge in [0, 0.05) is 6.61 Å². The van der Waals surface area contributed by atoms with Crippen LogP contribution in [0.3, 0.4) is 0 Å². The van der Waals surface area contributed by atoms with Gasteiger partial charge >= 0.3 is 5.97 Å². The van der Waals surface area contributed by atoms with Crippen molar-refractivity contribution in [3.63, 3.8) is 0 Å². The van der Waals surface area contributed by atoms with Crippen LogP contribution < -0.4 is 0 Å². The van der Waals surface area contributed by atoms with E-state index in [1.54, 1.807) is 6.07 Å². The Morgan fingerprint density at radius 2 is 2.26 bits per heavy atom. The molecule has 1 aromatic carbocycles. The van der Waals surface area contributed by atoms with Crippen LogP contribution in [-0.4, -0.2) is 26.0 Å². The minimum absolute atomic E-state index is 0.0886. The van der Waals surface area contributed by atoms with E-state index in [1.807, 2.05) is 19.1 Å². The Bertz CT molecular complexity index is 436. The molecule has 0 saturated carbocycles. The van der Waals surface area contributed by atoms with Gasteiger partial charge in [0.25, 0.3) is 0 Å². The molecular weight excluding hydrogens is 244 g/mol. The monoisotopic (exact) mass is 264 g/mol. The van der Waals surface area contributed by atoms with Gasteiger partial charge in [0.05, 0.1) is 19.3 Å². The van der Waals surface area contributed by atoms with Gasteiger partial charge in [-0.2, -0.15) is 0 Å². The zero-order valence-electron chi connectivity index (χ0n) is 11.5. The molecule has 0 aromatic heterocycles. The van der Waals surface area contributed by atoms with Crippen molar-refractivity contribution in [2.45, 2.75) is 39.1 Å². The summed E-state index contributed by atoms with van der Waals surface area (Å²) in [5, 5.41) is 0. The Labute approximate surface area is 113 Å². The molecule has 2 rings (SSSR count). The molecule has 0 spiro atoms. The van der Waals surface area contributed by atoms with E-state index in [2.05, 4.69) is 0 Å². The van der Waals surface area contributed by atoms with E-state index in [9.17, 15) is 4.79 Å². The lowest BCUT2D eigenvalue weighted by Crippen LogP contribution is -2.22. The smallest absolute Gasteiger partial charge is 0.338 e. The number of rotatable bonds is 4. The molecule has 4 heteroatoms. The number of benzene rings is 1. The van der Waals surface area contributed by atoms with Gasteiger partial charge in [-0.3, -0.25) is 0 Å². The predicted octanol–water partition coefficient (Wildman–Crippen LogP) is 2.82. The fourth-order valence-electron chi connectivity index (χ4n) is 2.19. The maximum atomic E-state index is 11.5. The van der Waals surface area contributed by atoms with Crippen LogP contribution in [0.15, 0.2) is 18.2 Å². The number of methoxy groups -OCH3 is 1. The lowest BCUT2D eigenvalue weighted by molar-refractivity contribution is -0.168. The maximum Gasteiger partial charge on any atom is 0.338 e. The molecular formula is C15H20O4. The van der Waals surface area contributed by atoms with Crippen molar-refractivity contribution in [1.29, 1.82) is 0 Å². The van der Waals surface area contributed by atoms with Gasteiger partial charge < -0.3 is 14.2 Å². The molecule has 1 aliphatic heterocycles. The second kappa shape index (κ2) is 6.68. The third-order valence-corrected chi connectivity index (χ3v) is 3.27. The van der Waals surface area contributed by atoms with Crippen molar-refractivity contribution in [2.75, 3.05) is 13.7 Å². The van der Waals surface area contributed by atoms with E-state index in [4.69, 9.17) is 14.2 Å². The van der Waals surface area contributed by atoms with Gasteiger partial charge in [0.2, 0.25) is 0 Å². The molecule has 0 aliphatic carbocycles. The van der Waals surface area contributed by atoms with Crippen molar-refractivity contribution in [1.82, 2.24) is 0 Å². The van der Waals surface area contributed by atoms with E-state index < -0.39 is 0 Å². The number of hydrogen-bond acceptors (Lipinski definition) is 4. The highest BCUT2D eigenvalue weighted by molar-refractivity contribution is 5.90. The number of carbonyl (C=O) groups is 1. The zero-order chi connectivity index (χ0) is 13.7. The van der Waals surface area contributed by atoms with E-state index in [1.165, 1.54) is 7.11 Å². The van der Waals surface area contributed by atoms with Crippen LogP contribution in [0.25, 0.3) is 0 Å². The van der Waals surface area contributed by atoms with Crippen LogP contribution in [-0.2, 0) is 20.8 Å². The van der Waals surface area contributed by atoms with Gasteiger partial charge in [-0.15, -0.1) is 0 Å². The van der Waals surface area contributed by atoms with Crippen LogP contribution >= 0.6 is 0 Å². The average Bonchev–Trinajstić information content (AvgIpc) is 2.45. The summed E-state index contributed by atoms with van der Waals surface area (Å²) >= 11 is 0. The Hall–Kier alpha value is -1.39. The SMILES string of the molecule is COC(=O)c1ccc(COC2CCCCO2)cc1C. The lowest BCUT2D eigenvalue weighted by Gasteiger charge is -2.22. The third-order valence-electron chi connectivity index (χ3n) is 3.27. The van der Waals surface area contributed by atoms with Gasteiger partial charge in [-0.1, -0.05) is 12.1 Å². The lowest BCUT2D eigenvalue weighted by atomic mass is 10.1. The molecule has 0 N–H and O–H groups in total. The standard InChI is InChI=1S/C15H20O4/c1-11-9-12(6-7-13(11)15(16)17-2)10-19-14-5-3-4-8-18-14/h6-7,9,14H,3-5,8,10H2,1-2H3. The first-order chi connectivity index (χ1) is 9.20. The molecule has 1 heterocycles. The first-order valence-electron chi connectivity index (χ1n) is 6.62. The first kappa shape index (κ1) is 14.0. The fourth-order valence-corrected chi connectivity index (χ4v) is 2.19. The zero-order valence-corrected chi connectivity index (χ0v) is 11.5. The quantitative estimate of drug-likeness (QED) is 0.784. The van der Waals surface area contributed by atoms with E-state index in [0.29, 0.717) is 12.2 Å². The molecule has 0 bridgehead atoms. The molecule has 1 aromatic rings. The van der Waals surface area contributed by atoms with Crippen molar-refractivity contribution < 1.29 is 19.0 Å².